The van der Waals surface area contributed by atoms with Crippen LogP contribution in [0.3, 0.4) is 0 Å². The van der Waals surface area contributed by atoms with Gasteiger partial charge in [0.2, 0.25) is 0 Å². The number of aliphatic hydroxyl groups is 1. The Morgan fingerprint density at radius 3 is 2.47 bits per heavy atom. The van der Waals surface area contributed by atoms with Crippen molar-refractivity contribution in [1.82, 2.24) is 5.32 Å². The lowest BCUT2D eigenvalue weighted by atomic mass is 10.0. The molecule has 3 N–H and O–H groups in total. The molecule has 0 saturated carbocycles. The highest BCUT2D eigenvalue weighted by Gasteiger charge is 2.07. The molecule has 0 radical (unpaired) electrons. The summed E-state index contributed by atoms with van der Waals surface area (Å²) in [5.41, 5.74) is 1.95. The molecular weight excluding hydrogens is 244 g/mol. The number of hydrogen-bond donors (Lipinski definition) is 3. The molecule has 0 aromatic heterocycles. The van der Waals surface area contributed by atoms with Crippen molar-refractivity contribution < 1.29 is 14.6 Å². The van der Waals surface area contributed by atoms with Gasteiger partial charge in [-0.25, -0.2) is 4.79 Å². The van der Waals surface area contributed by atoms with Crippen LogP contribution in [-0.2, 0) is 4.74 Å². The van der Waals surface area contributed by atoms with Crippen LogP contribution in [0.4, 0.5) is 10.5 Å². The smallest absolute Gasteiger partial charge is 0.319 e. The Bertz CT molecular complexity index is 390. The summed E-state index contributed by atoms with van der Waals surface area (Å²) < 4.78 is 4.77. The van der Waals surface area contributed by atoms with Crippen molar-refractivity contribution in [3.8, 4) is 0 Å². The van der Waals surface area contributed by atoms with Crippen molar-refractivity contribution in [3.05, 3.63) is 29.8 Å². The van der Waals surface area contributed by atoms with Gasteiger partial charge >= 0.3 is 6.03 Å². The number of hydrogen-bond acceptors (Lipinski definition) is 3. The van der Waals surface area contributed by atoms with E-state index in [4.69, 9.17) is 4.74 Å². The minimum Gasteiger partial charge on any atom is -0.389 e. The number of anilines is 1. The van der Waals surface area contributed by atoms with Gasteiger partial charge in [-0.3, -0.25) is 0 Å². The van der Waals surface area contributed by atoms with Crippen molar-refractivity contribution in [2.24, 2.45) is 0 Å². The number of ether oxygens (including phenoxy) is 1. The van der Waals surface area contributed by atoms with E-state index in [0.717, 1.165) is 5.69 Å². The number of urea groups is 1. The van der Waals surface area contributed by atoms with Gasteiger partial charge in [0.25, 0.3) is 0 Å². The predicted molar refractivity (Wildman–Crippen MR) is 75.4 cm³/mol. The van der Waals surface area contributed by atoms with E-state index in [-0.39, 0.29) is 19.2 Å². The number of amides is 2. The Hall–Kier alpha value is -1.59. The summed E-state index contributed by atoms with van der Waals surface area (Å²) in [6.45, 7) is 4.59. The van der Waals surface area contributed by atoms with E-state index in [2.05, 4.69) is 24.5 Å². The number of rotatable bonds is 6. The molecule has 0 bridgehead atoms. The molecule has 1 rings (SSSR count). The second kappa shape index (κ2) is 7.76. The maximum Gasteiger partial charge on any atom is 0.319 e. The van der Waals surface area contributed by atoms with E-state index >= 15 is 0 Å². The molecule has 0 aliphatic carbocycles. The zero-order valence-corrected chi connectivity index (χ0v) is 11.6. The molecule has 0 aliphatic heterocycles. The quantitative estimate of drug-likeness (QED) is 0.737. The Morgan fingerprint density at radius 1 is 1.32 bits per heavy atom. The molecule has 19 heavy (non-hydrogen) atoms. The monoisotopic (exact) mass is 266 g/mol. The molecular formula is C14H22N2O3. The summed E-state index contributed by atoms with van der Waals surface area (Å²) in [6, 6.07) is 7.36. The van der Waals surface area contributed by atoms with Gasteiger partial charge < -0.3 is 20.5 Å². The van der Waals surface area contributed by atoms with Gasteiger partial charge in [-0.05, 0) is 23.6 Å². The molecule has 1 unspecified atom stereocenters. The molecule has 0 heterocycles. The highest BCUT2D eigenvalue weighted by molar-refractivity contribution is 5.89. The average Bonchev–Trinajstić information content (AvgIpc) is 2.37. The maximum absolute atomic E-state index is 11.6. The SMILES string of the molecule is COCC(O)CNC(=O)Nc1ccc(C(C)C)cc1. The summed E-state index contributed by atoms with van der Waals surface area (Å²) in [7, 11) is 1.50. The minimum atomic E-state index is -0.695. The van der Waals surface area contributed by atoms with Crippen molar-refractivity contribution in [2.75, 3.05) is 25.6 Å². The molecule has 0 aliphatic rings. The lowest BCUT2D eigenvalue weighted by molar-refractivity contribution is 0.0663. The average molecular weight is 266 g/mol. The van der Waals surface area contributed by atoms with E-state index < -0.39 is 6.10 Å². The van der Waals surface area contributed by atoms with Crippen LogP contribution in [0.2, 0.25) is 0 Å². The minimum absolute atomic E-state index is 0.156. The molecule has 1 aromatic rings. The molecule has 106 valence electrons. The number of aliphatic hydroxyl groups excluding tert-OH is 1. The number of benzene rings is 1. The van der Waals surface area contributed by atoms with Crippen LogP contribution in [0.15, 0.2) is 24.3 Å². The van der Waals surface area contributed by atoms with Crippen LogP contribution in [-0.4, -0.2) is 37.5 Å². The third kappa shape index (κ3) is 5.72. The third-order valence-electron chi connectivity index (χ3n) is 2.69. The lowest BCUT2D eigenvalue weighted by Crippen LogP contribution is -2.36. The maximum atomic E-state index is 11.6. The predicted octanol–water partition coefficient (Wildman–Crippen LogP) is 1.94. The number of carbonyl (C=O) groups is 1. The molecule has 0 saturated heterocycles. The third-order valence-corrected chi connectivity index (χ3v) is 2.69. The van der Waals surface area contributed by atoms with Crippen LogP contribution in [0.5, 0.6) is 0 Å². The highest BCUT2D eigenvalue weighted by atomic mass is 16.5. The molecule has 0 fully saturated rings. The Labute approximate surface area is 114 Å². The van der Waals surface area contributed by atoms with Gasteiger partial charge in [-0.15, -0.1) is 0 Å². The summed E-state index contributed by atoms with van der Waals surface area (Å²) in [5.74, 6) is 0.465. The first-order valence-corrected chi connectivity index (χ1v) is 6.34. The molecule has 1 aromatic carbocycles. The first-order valence-electron chi connectivity index (χ1n) is 6.34. The summed E-state index contributed by atoms with van der Waals surface area (Å²) in [5, 5.41) is 14.7. The zero-order chi connectivity index (χ0) is 14.3. The normalized spacial score (nSPS) is 12.3. The fourth-order valence-electron chi connectivity index (χ4n) is 1.59. The topological polar surface area (TPSA) is 70.6 Å². The largest absolute Gasteiger partial charge is 0.389 e. The second-order valence-corrected chi connectivity index (χ2v) is 4.72. The standard InChI is InChI=1S/C14H22N2O3/c1-10(2)11-4-6-12(7-5-11)16-14(18)15-8-13(17)9-19-3/h4-7,10,13,17H,8-9H2,1-3H3,(H2,15,16,18). The van der Waals surface area contributed by atoms with E-state index in [9.17, 15) is 9.90 Å². The number of nitrogens with one attached hydrogen (secondary N) is 2. The molecule has 5 heteroatoms. The lowest BCUT2D eigenvalue weighted by Gasteiger charge is -2.12. The second-order valence-electron chi connectivity index (χ2n) is 4.72. The van der Waals surface area contributed by atoms with E-state index in [0.29, 0.717) is 5.92 Å². The van der Waals surface area contributed by atoms with Gasteiger partial charge in [0, 0.05) is 19.3 Å². The number of carbonyl (C=O) groups excluding carboxylic acids is 1. The highest BCUT2D eigenvalue weighted by Crippen LogP contribution is 2.16. The van der Waals surface area contributed by atoms with Crippen LogP contribution < -0.4 is 10.6 Å². The summed E-state index contributed by atoms with van der Waals surface area (Å²) in [4.78, 5) is 11.6. The van der Waals surface area contributed by atoms with Crippen molar-refractivity contribution >= 4 is 11.7 Å². The molecule has 5 nitrogen and oxygen atoms in total. The van der Waals surface area contributed by atoms with E-state index in [1.165, 1.54) is 12.7 Å². The van der Waals surface area contributed by atoms with Crippen molar-refractivity contribution in [3.63, 3.8) is 0 Å². The Morgan fingerprint density at radius 2 is 1.95 bits per heavy atom. The van der Waals surface area contributed by atoms with E-state index in [1.54, 1.807) is 0 Å². The van der Waals surface area contributed by atoms with Gasteiger partial charge in [0.05, 0.1) is 12.7 Å². The van der Waals surface area contributed by atoms with Gasteiger partial charge in [-0.2, -0.15) is 0 Å². The van der Waals surface area contributed by atoms with Gasteiger partial charge in [0.15, 0.2) is 0 Å². The summed E-state index contributed by atoms with van der Waals surface area (Å²) >= 11 is 0. The number of methoxy groups -OCH3 is 1. The first-order chi connectivity index (χ1) is 9.02. The van der Waals surface area contributed by atoms with Crippen LogP contribution >= 0.6 is 0 Å². The van der Waals surface area contributed by atoms with Crippen LogP contribution in [0.1, 0.15) is 25.3 Å². The Kier molecular flexibility index (Phi) is 6.32. The van der Waals surface area contributed by atoms with Crippen LogP contribution in [0.25, 0.3) is 0 Å². The fraction of sp³-hybridized carbons (Fsp3) is 0.500. The van der Waals surface area contributed by atoms with E-state index in [1.807, 2.05) is 24.3 Å². The fourth-order valence-corrected chi connectivity index (χ4v) is 1.59. The molecule has 0 spiro atoms. The Balaban J connectivity index is 2.40. The van der Waals surface area contributed by atoms with Gasteiger partial charge in [-0.1, -0.05) is 26.0 Å². The van der Waals surface area contributed by atoms with Crippen molar-refractivity contribution in [1.29, 1.82) is 0 Å². The van der Waals surface area contributed by atoms with Crippen molar-refractivity contribution in [2.45, 2.75) is 25.9 Å². The summed E-state index contributed by atoms with van der Waals surface area (Å²) in [6.07, 6.45) is -0.695. The zero-order valence-electron chi connectivity index (χ0n) is 11.6. The molecule has 2 amide bonds. The van der Waals surface area contributed by atoms with Gasteiger partial charge in [0.1, 0.15) is 0 Å². The molecule has 1 atom stereocenters. The first kappa shape index (κ1) is 15.5. The van der Waals surface area contributed by atoms with Crippen LogP contribution in [0, 0.1) is 0 Å².